The maximum Gasteiger partial charge on any atom is 0.264 e. The molecule has 46 heavy (non-hydrogen) atoms. The molecule has 0 aliphatic carbocycles. The summed E-state index contributed by atoms with van der Waals surface area (Å²) < 4.78 is 29.3. The molecule has 4 rings (SSSR count). The fourth-order valence-electron chi connectivity index (χ4n) is 4.89. The molecule has 4 aromatic carbocycles. The molecule has 242 valence electrons. The van der Waals surface area contributed by atoms with E-state index in [4.69, 9.17) is 34.8 Å². The summed E-state index contributed by atoms with van der Waals surface area (Å²) in [6.45, 7) is 3.69. The highest BCUT2D eigenvalue weighted by Crippen LogP contribution is 2.28. The molecule has 1 unspecified atom stereocenters. The van der Waals surface area contributed by atoms with Crippen molar-refractivity contribution in [2.75, 3.05) is 17.4 Å². The van der Waals surface area contributed by atoms with Crippen LogP contribution in [0.1, 0.15) is 36.5 Å². The van der Waals surface area contributed by atoms with Crippen LogP contribution in [0.3, 0.4) is 0 Å². The quantitative estimate of drug-likeness (QED) is 0.137. The second kappa shape index (κ2) is 16.3. The summed E-state index contributed by atoms with van der Waals surface area (Å²) in [6.07, 6.45) is 1.84. The van der Waals surface area contributed by atoms with Gasteiger partial charge in [0.25, 0.3) is 10.0 Å². The Hall–Kier alpha value is -3.56. The van der Waals surface area contributed by atoms with E-state index in [1.807, 2.05) is 44.2 Å². The zero-order valence-electron chi connectivity index (χ0n) is 25.6. The van der Waals surface area contributed by atoms with Crippen LogP contribution in [0.5, 0.6) is 0 Å². The van der Waals surface area contributed by atoms with E-state index in [0.29, 0.717) is 27.2 Å². The van der Waals surface area contributed by atoms with Gasteiger partial charge in [0.2, 0.25) is 11.8 Å². The smallest absolute Gasteiger partial charge is 0.264 e. The first-order valence-electron chi connectivity index (χ1n) is 14.9. The maximum atomic E-state index is 14.5. The molecule has 0 spiro atoms. The topological polar surface area (TPSA) is 86.8 Å². The first-order chi connectivity index (χ1) is 22.0. The third-order valence-electron chi connectivity index (χ3n) is 7.42. The van der Waals surface area contributed by atoms with Gasteiger partial charge in [0, 0.05) is 24.5 Å². The van der Waals surface area contributed by atoms with Gasteiger partial charge in [-0.1, -0.05) is 108 Å². The Morgan fingerprint density at radius 2 is 1.54 bits per heavy atom. The Kier molecular flexibility index (Phi) is 12.5. The van der Waals surface area contributed by atoms with Crippen molar-refractivity contribution in [3.05, 3.63) is 129 Å². The molecule has 2 amide bonds. The number of nitrogens with one attached hydrogen (secondary N) is 1. The van der Waals surface area contributed by atoms with Crippen molar-refractivity contribution in [2.24, 2.45) is 0 Å². The molecule has 0 heterocycles. The van der Waals surface area contributed by atoms with Gasteiger partial charge in [-0.15, -0.1) is 0 Å². The van der Waals surface area contributed by atoms with Gasteiger partial charge in [-0.3, -0.25) is 13.9 Å². The molecule has 0 fully saturated rings. The first kappa shape index (κ1) is 35.3. The van der Waals surface area contributed by atoms with Crippen LogP contribution in [0.25, 0.3) is 0 Å². The van der Waals surface area contributed by atoms with Crippen molar-refractivity contribution in [1.82, 2.24) is 10.2 Å². The highest BCUT2D eigenvalue weighted by atomic mass is 35.5. The number of halogens is 3. The second-order valence-corrected chi connectivity index (χ2v) is 14.0. The first-order valence-corrected chi connectivity index (χ1v) is 17.5. The van der Waals surface area contributed by atoms with Gasteiger partial charge in [-0.05, 0) is 66.9 Å². The van der Waals surface area contributed by atoms with Gasteiger partial charge < -0.3 is 10.2 Å². The molecular formula is C35H36Cl3N3O4S. The van der Waals surface area contributed by atoms with Crippen molar-refractivity contribution in [3.8, 4) is 0 Å². The Morgan fingerprint density at radius 3 is 2.20 bits per heavy atom. The van der Waals surface area contributed by atoms with Gasteiger partial charge in [-0.25, -0.2) is 8.42 Å². The number of sulfonamides is 1. The van der Waals surface area contributed by atoms with Crippen molar-refractivity contribution < 1.29 is 18.0 Å². The summed E-state index contributed by atoms with van der Waals surface area (Å²) in [5.74, 6) is -0.935. The largest absolute Gasteiger partial charge is 0.354 e. The normalized spacial score (nSPS) is 11.9. The van der Waals surface area contributed by atoms with E-state index >= 15 is 0 Å². The lowest BCUT2D eigenvalue weighted by Gasteiger charge is -2.34. The molecule has 0 saturated carbocycles. The number of carbonyl (C=O) groups is 2. The van der Waals surface area contributed by atoms with Crippen LogP contribution >= 0.6 is 34.8 Å². The number of anilines is 1. The lowest BCUT2D eigenvalue weighted by atomic mass is 10.0. The molecular weight excluding hydrogens is 665 g/mol. The third kappa shape index (κ3) is 9.26. The van der Waals surface area contributed by atoms with E-state index in [2.05, 4.69) is 5.32 Å². The number of unbranched alkanes of at least 4 members (excludes halogenated alkanes) is 1. The number of amides is 2. The number of nitrogens with zero attached hydrogens (tertiary/aromatic N) is 2. The van der Waals surface area contributed by atoms with E-state index in [1.54, 1.807) is 48.5 Å². The van der Waals surface area contributed by atoms with Gasteiger partial charge >= 0.3 is 0 Å². The molecule has 0 radical (unpaired) electrons. The minimum Gasteiger partial charge on any atom is -0.354 e. The van der Waals surface area contributed by atoms with E-state index in [1.165, 1.54) is 23.1 Å². The Morgan fingerprint density at radius 1 is 0.826 bits per heavy atom. The summed E-state index contributed by atoms with van der Waals surface area (Å²) >= 11 is 18.8. The van der Waals surface area contributed by atoms with E-state index in [0.717, 1.165) is 28.3 Å². The summed E-state index contributed by atoms with van der Waals surface area (Å²) in [7, 11) is -4.24. The highest BCUT2D eigenvalue weighted by Gasteiger charge is 2.34. The van der Waals surface area contributed by atoms with Crippen LogP contribution in [-0.4, -0.2) is 44.3 Å². The molecule has 1 N–H and O–H groups in total. The summed E-state index contributed by atoms with van der Waals surface area (Å²) in [6, 6.07) is 26.1. The fourth-order valence-corrected chi connectivity index (χ4v) is 6.80. The summed E-state index contributed by atoms with van der Waals surface area (Å²) in [4.78, 5) is 29.8. The van der Waals surface area contributed by atoms with Gasteiger partial charge in [0.05, 0.1) is 20.6 Å². The average molecular weight is 701 g/mol. The zero-order valence-corrected chi connectivity index (χ0v) is 28.7. The van der Waals surface area contributed by atoms with Crippen LogP contribution in [0.2, 0.25) is 15.1 Å². The minimum absolute atomic E-state index is 0.0139. The number of carbonyl (C=O) groups excluding carboxylic acids is 2. The van der Waals surface area contributed by atoms with E-state index in [9.17, 15) is 18.0 Å². The van der Waals surface area contributed by atoms with Crippen molar-refractivity contribution in [2.45, 2.75) is 50.6 Å². The van der Waals surface area contributed by atoms with E-state index in [-0.39, 0.29) is 29.5 Å². The van der Waals surface area contributed by atoms with Gasteiger partial charge in [0.1, 0.15) is 12.6 Å². The molecule has 0 aliphatic heterocycles. The molecule has 4 aromatic rings. The third-order valence-corrected chi connectivity index (χ3v) is 10.2. The lowest BCUT2D eigenvalue weighted by molar-refractivity contribution is -0.140. The molecule has 1 atom stereocenters. The fraction of sp³-hybridized carbons (Fsp3) is 0.257. The molecule has 0 aliphatic rings. The van der Waals surface area contributed by atoms with Crippen LogP contribution in [0.4, 0.5) is 5.69 Å². The number of aryl methyl sites for hydroxylation is 1. The maximum absolute atomic E-state index is 14.5. The summed E-state index contributed by atoms with van der Waals surface area (Å²) in [5.41, 5.74) is 2.56. The standard InChI is InChI=1S/C35H36Cl3N3O4S/c1-3-4-19-39-35(43)33(21-26-9-6-5-7-10-26)40(23-27-15-18-31(37)32(38)20-27)34(42)24-41(29-12-8-11-28(36)22-29)46(44,45)30-16-13-25(2)14-17-30/h5-18,20,22,33H,3-4,19,21,23-24H2,1-2H3,(H,39,43). The second-order valence-electron chi connectivity index (χ2n) is 10.9. The molecule has 11 heteroatoms. The van der Waals surface area contributed by atoms with Crippen molar-refractivity contribution >= 4 is 62.3 Å². The van der Waals surface area contributed by atoms with Crippen molar-refractivity contribution in [1.29, 1.82) is 0 Å². The average Bonchev–Trinajstić information content (AvgIpc) is 3.03. The van der Waals surface area contributed by atoms with Gasteiger partial charge in [0.15, 0.2) is 0 Å². The Bertz CT molecular complexity index is 1750. The molecule has 7 nitrogen and oxygen atoms in total. The van der Waals surface area contributed by atoms with Crippen LogP contribution in [-0.2, 0) is 32.6 Å². The number of hydrogen-bond acceptors (Lipinski definition) is 4. The molecule has 0 saturated heterocycles. The number of rotatable bonds is 14. The predicted octanol–water partition coefficient (Wildman–Crippen LogP) is 7.71. The Labute approximate surface area is 286 Å². The Balaban J connectivity index is 1.80. The van der Waals surface area contributed by atoms with Crippen molar-refractivity contribution in [3.63, 3.8) is 0 Å². The monoisotopic (exact) mass is 699 g/mol. The molecule has 0 aromatic heterocycles. The van der Waals surface area contributed by atoms with E-state index < -0.39 is 28.5 Å². The highest BCUT2D eigenvalue weighted by molar-refractivity contribution is 7.92. The van der Waals surface area contributed by atoms with Crippen LogP contribution in [0, 0.1) is 6.92 Å². The molecule has 0 bridgehead atoms. The predicted molar refractivity (Wildman–Crippen MR) is 186 cm³/mol. The summed E-state index contributed by atoms with van der Waals surface area (Å²) in [5, 5.41) is 3.91. The van der Waals surface area contributed by atoms with Crippen LogP contribution < -0.4 is 9.62 Å². The lowest BCUT2D eigenvalue weighted by Crippen LogP contribution is -2.53. The van der Waals surface area contributed by atoms with Gasteiger partial charge in [-0.2, -0.15) is 0 Å². The SMILES string of the molecule is CCCCNC(=O)C(Cc1ccccc1)N(Cc1ccc(Cl)c(Cl)c1)C(=O)CN(c1cccc(Cl)c1)S(=O)(=O)c1ccc(C)cc1. The number of benzene rings is 4. The minimum atomic E-state index is -4.24. The zero-order chi connectivity index (χ0) is 33.3. The number of hydrogen-bond donors (Lipinski definition) is 1. The van der Waals surface area contributed by atoms with Crippen LogP contribution in [0.15, 0.2) is 102 Å².